The number of hydrogen-bond acceptors (Lipinski definition) is 4. The second-order valence-electron chi connectivity index (χ2n) is 5.96. The molecule has 0 atom stereocenters. The maximum absolute atomic E-state index is 12.3. The molecule has 2 aromatic carbocycles. The summed E-state index contributed by atoms with van der Waals surface area (Å²) in [6, 6.07) is 11.2. The number of carboxylic acid groups (broad SMARTS) is 1. The first-order chi connectivity index (χ1) is 12.2. The van der Waals surface area contributed by atoms with Crippen LogP contribution in [0.4, 0.5) is 0 Å². The fourth-order valence-electron chi connectivity index (χ4n) is 2.62. The van der Waals surface area contributed by atoms with E-state index in [0.29, 0.717) is 24.9 Å². The fourth-order valence-corrected chi connectivity index (χ4v) is 3.65. The monoisotopic (exact) mass is 375 g/mol. The molecule has 0 saturated heterocycles. The zero-order valence-electron chi connectivity index (χ0n) is 14.7. The second kappa shape index (κ2) is 8.14. The van der Waals surface area contributed by atoms with Crippen molar-refractivity contribution >= 4 is 21.7 Å². The van der Waals surface area contributed by atoms with Gasteiger partial charge in [0.1, 0.15) is 0 Å². The van der Waals surface area contributed by atoms with E-state index in [-0.39, 0.29) is 21.9 Å². The molecule has 1 amide bonds. The van der Waals surface area contributed by atoms with E-state index in [2.05, 4.69) is 5.32 Å². The van der Waals surface area contributed by atoms with E-state index >= 15 is 0 Å². The van der Waals surface area contributed by atoms with Gasteiger partial charge in [0.05, 0.1) is 10.5 Å². The van der Waals surface area contributed by atoms with Crippen LogP contribution in [0, 0.1) is 0 Å². The molecule has 0 aliphatic heterocycles. The lowest BCUT2D eigenvalue weighted by Gasteiger charge is -2.10. The van der Waals surface area contributed by atoms with Crippen molar-refractivity contribution in [1.29, 1.82) is 0 Å². The highest BCUT2D eigenvalue weighted by atomic mass is 32.2. The topological polar surface area (TPSA) is 101 Å². The fraction of sp³-hybridized carbons (Fsp3) is 0.263. The van der Waals surface area contributed by atoms with Gasteiger partial charge in [-0.15, -0.1) is 0 Å². The number of rotatable bonds is 7. The van der Waals surface area contributed by atoms with E-state index in [4.69, 9.17) is 5.11 Å². The molecule has 2 N–H and O–H groups in total. The molecule has 0 heterocycles. The van der Waals surface area contributed by atoms with Crippen molar-refractivity contribution in [2.75, 3.05) is 12.8 Å². The molecule has 0 aliphatic carbocycles. The number of carboxylic acids is 1. The molecule has 0 fully saturated rings. The van der Waals surface area contributed by atoms with Crippen LogP contribution in [0.2, 0.25) is 0 Å². The predicted octanol–water partition coefficient (Wildman–Crippen LogP) is 2.32. The molecule has 0 saturated carbocycles. The van der Waals surface area contributed by atoms with Gasteiger partial charge in [0.2, 0.25) is 0 Å². The Labute approximate surface area is 152 Å². The van der Waals surface area contributed by atoms with E-state index in [1.165, 1.54) is 12.1 Å². The van der Waals surface area contributed by atoms with Gasteiger partial charge in [0, 0.05) is 18.4 Å². The van der Waals surface area contributed by atoms with Crippen molar-refractivity contribution in [1.82, 2.24) is 5.32 Å². The molecule has 26 heavy (non-hydrogen) atoms. The number of hydrogen-bond donors (Lipinski definition) is 2. The van der Waals surface area contributed by atoms with Gasteiger partial charge in [-0.1, -0.05) is 25.1 Å². The molecule has 0 aliphatic rings. The highest BCUT2D eigenvalue weighted by Gasteiger charge is 2.15. The van der Waals surface area contributed by atoms with Gasteiger partial charge in [-0.25, -0.2) is 13.2 Å². The Morgan fingerprint density at radius 1 is 1.08 bits per heavy atom. The summed E-state index contributed by atoms with van der Waals surface area (Å²) in [6.45, 7) is 2.17. The largest absolute Gasteiger partial charge is 0.478 e. The third kappa shape index (κ3) is 4.92. The number of aryl methyl sites for hydroxylation is 1. The van der Waals surface area contributed by atoms with E-state index in [9.17, 15) is 18.0 Å². The minimum absolute atomic E-state index is 0.168. The molecule has 2 aromatic rings. The number of aromatic carboxylic acids is 1. The van der Waals surface area contributed by atoms with E-state index in [1.807, 2.05) is 6.92 Å². The van der Waals surface area contributed by atoms with Gasteiger partial charge >= 0.3 is 5.97 Å². The van der Waals surface area contributed by atoms with Crippen LogP contribution in [-0.4, -0.2) is 38.2 Å². The summed E-state index contributed by atoms with van der Waals surface area (Å²) >= 11 is 0. The molecule has 0 spiro atoms. The Kier molecular flexibility index (Phi) is 6.15. The van der Waals surface area contributed by atoms with E-state index < -0.39 is 15.8 Å². The van der Waals surface area contributed by atoms with Gasteiger partial charge in [-0.3, -0.25) is 4.79 Å². The minimum Gasteiger partial charge on any atom is -0.478 e. The Balaban J connectivity index is 2.07. The number of carbonyl (C=O) groups excluding carboxylic acids is 1. The summed E-state index contributed by atoms with van der Waals surface area (Å²) in [5.41, 5.74) is 1.95. The maximum atomic E-state index is 12.3. The molecule has 2 rings (SSSR count). The maximum Gasteiger partial charge on any atom is 0.335 e. The molecule has 6 nitrogen and oxygen atoms in total. The van der Waals surface area contributed by atoms with Crippen LogP contribution in [0.25, 0.3) is 0 Å². The Morgan fingerprint density at radius 3 is 2.42 bits per heavy atom. The van der Waals surface area contributed by atoms with Crippen LogP contribution in [0.1, 0.15) is 38.8 Å². The number of nitrogens with one attached hydrogen (secondary N) is 1. The number of benzene rings is 2. The SMILES string of the molecule is CCc1ccc(C(=O)NCCc2cccc(C(=O)O)c2)cc1S(C)(=O)=O. The average Bonchev–Trinajstić information content (AvgIpc) is 2.60. The zero-order chi connectivity index (χ0) is 19.3. The third-order valence-electron chi connectivity index (χ3n) is 3.98. The van der Waals surface area contributed by atoms with Crippen molar-refractivity contribution in [2.45, 2.75) is 24.7 Å². The summed E-state index contributed by atoms with van der Waals surface area (Å²) in [6.07, 6.45) is 2.15. The molecular weight excluding hydrogens is 354 g/mol. The highest BCUT2D eigenvalue weighted by Crippen LogP contribution is 2.18. The molecule has 0 aromatic heterocycles. The molecular formula is C19H21NO5S. The number of carbonyl (C=O) groups is 2. The van der Waals surface area contributed by atoms with Crippen molar-refractivity contribution < 1.29 is 23.1 Å². The van der Waals surface area contributed by atoms with Gasteiger partial charge in [0.15, 0.2) is 9.84 Å². The first-order valence-electron chi connectivity index (χ1n) is 8.15. The zero-order valence-corrected chi connectivity index (χ0v) is 15.5. The van der Waals surface area contributed by atoms with Crippen LogP contribution in [-0.2, 0) is 22.7 Å². The second-order valence-corrected chi connectivity index (χ2v) is 7.94. The highest BCUT2D eigenvalue weighted by molar-refractivity contribution is 7.90. The molecule has 0 radical (unpaired) electrons. The lowest BCUT2D eigenvalue weighted by atomic mass is 10.1. The first-order valence-corrected chi connectivity index (χ1v) is 10.0. The molecule has 0 bridgehead atoms. The summed E-state index contributed by atoms with van der Waals surface area (Å²) in [5, 5.41) is 11.7. The predicted molar refractivity (Wildman–Crippen MR) is 98.4 cm³/mol. The van der Waals surface area contributed by atoms with Gasteiger partial charge in [-0.05, 0) is 48.2 Å². The van der Waals surface area contributed by atoms with Crippen molar-refractivity contribution in [3.63, 3.8) is 0 Å². The van der Waals surface area contributed by atoms with Crippen LogP contribution in [0.3, 0.4) is 0 Å². The first kappa shape index (κ1) is 19.7. The van der Waals surface area contributed by atoms with Crippen LogP contribution in [0.5, 0.6) is 0 Å². The van der Waals surface area contributed by atoms with Crippen LogP contribution in [0.15, 0.2) is 47.4 Å². The van der Waals surface area contributed by atoms with Crippen LogP contribution >= 0.6 is 0 Å². The quantitative estimate of drug-likeness (QED) is 0.773. The van der Waals surface area contributed by atoms with Crippen molar-refractivity contribution in [3.8, 4) is 0 Å². The average molecular weight is 375 g/mol. The summed E-state index contributed by atoms with van der Waals surface area (Å²) in [5.74, 6) is -1.37. The molecule has 7 heteroatoms. The number of sulfone groups is 1. The smallest absolute Gasteiger partial charge is 0.335 e. The summed E-state index contributed by atoms with van der Waals surface area (Å²) < 4.78 is 23.8. The molecule has 0 unspecified atom stereocenters. The van der Waals surface area contributed by atoms with E-state index in [0.717, 1.165) is 11.8 Å². The van der Waals surface area contributed by atoms with Gasteiger partial charge in [0.25, 0.3) is 5.91 Å². The van der Waals surface area contributed by atoms with Crippen LogP contribution < -0.4 is 5.32 Å². The Bertz CT molecular complexity index is 935. The van der Waals surface area contributed by atoms with Gasteiger partial charge in [-0.2, -0.15) is 0 Å². The Morgan fingerprint density at radius 2 is 1.81 bits per heavy atom. The summed E-state index contributed by atoms with van der Waals surface area (Å²) in [4.78, 5) is 23.4. The number of amides is 1. The Hall–Kier alpha value is -2.67. The third-order valence-corrected chi connectivity index (χ3v) is 5.16. The minimum atomic E-state index is -3.41. The summed E-state index contributed by atoms with van der Waals surface area (Å²) in [7, 11) is -3.41. The molecule has 138 valence electrons. The lowest BCUT2D eigenvalue weighted by Crippen LogP contribution is -2.26. The standard InChI is InChI=1S/C19H21NO5S/c1-3-14-7-8-15(12-17(14)26(2,24)25)18(21)20-10-9-13-5-4-6-16(11-13)19(22)23/h4-8,11-12H,3,9-10H2,1-2H3,(H,20,21)(H,22,23). The van der Waals surface area contributed by atoms with E-state index in [1.54, 1.807) is 30.3 Å². The van der Waals surface area contributed by atoms with Crippen molar-refractivity contribution in [2.24, 2.45) is 0 Å². The van der Waals surface area contributed by atoms with Crippen molar-refractivity contribution in [3.05, 3.63) is 64.7 Å². The normalized spacial score (nSPS) is 11.2. The lowest BCUT2D eigenvalue weighted by molar-refractivity contribution is 0.0696. The van der Waals surface area contributed by atoms with Gasteiger partial charge < -0.3 is 10.4 Å².